The van der Waals surface area contributed by atoms with Gasteiger partial charge < -0.3 is 20.2 Å². The molecule has 2 N–H and O–H groups in total. The van der Waals surface area contributed by atoms with Crippen LogP contribution in [0.2, 0.25) is 0 Å². The maximum absolute atomic E-state index is 12.8. The standard InChI is InChI=1S/C20H21O8PS.Na.H/c1-3-8-26-17-11-20-19(27-12-30-20)10-14(17)15(21)6-4-13-5-7-16(25-2)18(9-13)28-29(22,23)24;;/h4-7,9-11H,3,8,12H2,1-2H3,(H2,22,23,24);;/q;+1;-1/b6-4+;;. The van der Waals surface area contributed by atoms with Gasteiger partial charge >= 0.3 is 37.4 Å². The average Bonchev–Trinajstić information content (AvgIpc) is 3.16. The van der Waals surface area contributed by atoms with E-state index < -0.39 is 7.82 Å². The number of ether oxygens (including phenoxy) is 3. The Labute approximate surface area is 207 Å². The number of phosphoric acid groups is 1. The zero-order valence-electron chi connectivity index (χ0n) is 18.4. The third-order valence-corrected chi connectivity index (χ3v) is 5.33. The molecule has 0 bridgehead atoms. The van der Waals surface area contributed by atoms with E-state index >= 15 is 0 Å². The summed E-state index contributed by atoms with van der Waals surface area (Å²) in [5.74, 6) is 1.36. The summed E-state index contributed by atoms with van der Waals surface area (Å²) < 4.78 is 32.1. The molecule has 0 aromatic heterocycles. The number of carbonyl (C=O) groups excluding carboxylic acids is 1. The molecule has 11 heteroatoms. The molecule has 1 aliphatic rings. The molecular weight excluding hydrogens is 454 g/mol. The van der Waals surface area contributed by atoms with Crippen LogP contribution >= 0.6 is 19.6 Å². The Morgan fingerprint density at radius 1 is 1.26 bits per heavy atom. The van der Waals surface area contributed by atoms with Gasteiger partial charge in [-0.3, -0.25) is 14.6 Å². The quantitative estimate of drug-likeness (QED) is 0.240. The summed E-state index contributed by atoms with van der Waals surface area (Å²) in [5.41, 5.74) is 0.873. The molecule has 0 aliphatic carbocycles. The monoisotopic (exact) mass is 476 g/mol. The number of hydrogen-bond acceptors (Lipinski definition) is 7. The van der Waals surface area contributed by atoms with Crippen LogP contribution in [-0.2, 0) is 4.57 Å². The van der Waals surface area contributed by atoms with Crippen LogP contribution in [0, 0.1) is 0 Å². The average molecular weight is 476 g/mol. The molecule has 162 valence electrons. The molecule has 0 atom stereocenters. The number of hydrogen-bond donors (Lipinski definition) is 2. The van der Waals surface area contributed by atoms with Gasteiger partial charge in [-0.05, 0) is 42.3 Å². The van der Waals surface area contributed by atoms with Gasteiger partial charge in [0.05, 0.1) is 24.2 Å². The molecule has 1 heterocycles. The minimum absolute atomic E-state index is 0. The Morgan fingerprint density at radius 3 is 2.71 bits per heavy atom. The molecule has 0 saturated carbocycles. The van der Waals surface area contributed by atoms with Gasteiger partial charge in [0.1, 0.15) is 17.4 Å². The zero-order valence-corrected chi connectivity index (χ0v) is 21.1. The number of carbonyl (C=O) groups is 1. The molecule has 0 unspecified atom stereocenters. The fourth-order valence-electron chi connectivity index (χ4n) is 2.71. The van der Waals surface area contributed by atoms with Crippen molar-refractivity contribution in [3.63, 3.8) is 0 Å². The summed E-state index contributed by atoms with van der Waals surface area (Å²) in [4.78, 5) is 31.9. The van der Waals surface area contributed by atoms with Gasteiger partial charge in [0.15, 0.2) is 17.3 Å². The smallest absolute Gasteiger partial charge is 1.00 e. The second kappa shape index (κ2) is 11.4. The number of fused-ring (bicyclic) bond motifs is 1. The van der Waals surface area contributed by atoms with Crippen molar-refractivity contribution in [3.05, 3.63) is 47.5 Å². The number of rotatable bonds is 9. The van der Waals surface area contributed by atoms with Crippen molar-refractivity contribution in [1.82, 2.24) is 0 Å². The van der Waals surface area contributed by atoms with Gasteiger partial charge in [-0.1, -0.05) is 30.8 Å². The zero-order chi connectivity index (χ0) is 21.7. The molecule has 8 nitrogen and oxygen atoms in total. The van der Waals surface area contributed by atoms with Crippen LogP contribution < -0.4 is 48.3 Å². The van der Waals surface area contributed by atoms with E-state index in [1.807, 2.05) is 13.0 Å². The Morgan fingerprint density at radius 2 is 2.03 bits per heavy atom. The van der Waals surface area contributed by atoms with Crippen LogP contribution in [0.3, 0.4) is 0 Å². The predicted molar refractivity (Wildman–Crippen MR) is 114 cm³/mol. The maximum Gasteiger partial charge on any atom is 1.00 e. The summed E-state index contributed by atoms with van der Waals surface area (Å²) in [7, 11) is -3.41. The molecule has 31 heavy (non-hydrogen) atoms. The SMILES string of the molecule is CCCOc1cc2c(cc1C(=O)/C=C/c1ccc(OC)c(OP(=O)(O)O)c1)OCS2.[H-].[Na+]. The summed E-state index contributed by atoms with van der Waals surface area (Å²) in [6.07, 6.45) is 3.67. The van der Waals surface area contributed by atoms with Gasteiger partial charge in [-0.25, -0.2) is 4.57 Å². The van der Waals surface area contributed by atoms with E-state index in [4.69, 9.17) is 24.0 Å². The molecule has 3 rings (SSSR count). The van der Waals surface area contributed by atoms with E-state index in [-0.39, 0.29) is 48.3 Å². The van der Waals surface area contributed by atoms with Crippen molar-refractivity contribution in [2.24, 2.45) is 0 Å². The number of methoxy groups -OCH3 is 1. The topological polar surface area (TPSA) is 112 Å². The van der Waals surface area contributed by atoms with E-state index in [2.05, 4.69) is 4.52 Å². The first-order valence-corrected chi connectivity index (χ1v) is 11.5. The molecule has 1 aliphatic heterocycles. The summed E-state index contributed by atoms with van der Waals surface area (Å²) in [6.45, 7) is 2.46. The first kappa shape index (κ1) is 25.8. The minimum atomic E-state index is -4.76. The molecule has 0 fully saturated rings. The van der Waals surface area contributed by atoms with Crippen LogP contribution in [0.15, 0.2) is 41.3 Å². The second-order valence-electron chi connectivity index (χ2n) is 6.24. The first-order chi connectivity index (χ1) is 14.3. The summed E-state index contributed by atoms with van der Waals surface area (Å²) in [6, 6.07) is 7.97. The van der Waals surface area contributed by atoms with Crippen LogP contribution in [0.4, 0.5) is 0 Å². The predicted octanol–water partition coefficient (Wildman–Crippen LogP) is 1.41. The molecular formula is C20H22NaO8PS. The fourth-order valence-corrected chi connectivity index (χ4v) is 3.87. The van der Waals surface area contributed by atoms with E-state index in [9.17, 15) is 9.36 Å². The summed E-state index contributed by atoms with van der Waals surface area (Å²) >= 11 is 1.53. The third-order valence-electron chi connectivity index (χ3n) is 4.03. The van der Waals surface area contributed by atoms with E-state index in [1.54, 1.807) is 12.1 Å². The Kier molecular flexibility index (Phi) is 9.51. The molecule has 2 aromatic rings. The summed E-state index contributed by atoms with van der Waals surface area (Å²) in [5, 5.41) is 0. The van der Waals surface area contributed by atoms with E-state index in [0.29, 0.717) is 35.2 Å². The fraction of sp³-hybridized carbons (Fsp3) is 0.250. The maximum atomic E-state index is 12.8. The second-order valence-corrected chi connectivity index (χ2v) is 8.37. The van der Waals surface area contributed by atoms with Crippen LogP contribution in [0.25, 0.3) is 6.08 Å². The Hall–Kier alpha value is -1.45. The van der Waals surface area contributed by atoms with Gasteiger partial charge in [-0.2, -0.15) is 0 Å². The van der Waals surface area contributed by atoms with Gasteiger partial charge in [0.25, 0.3) is 0 Å². The number of phosphoric ester groups is 1. The van der Waals surface area contributed by atoms with Gasteiger partial charge in [0.2, 0.25) is 0 Å². The van der Waals surface area contributed by atoms with Crippen molar-refractivity contribution >= 4 is 31.4 Å². The van der Waals surface area contributed by atoms with E-state index in [1.165, 1.54) is 43.2 Å². The van der Waals surface area contributed by atoms with Crippen LogP contribution in [-0.4, -0.2) is 35.2 Å². The Balaban J connectivity index is 0.00000256. The van der Waals surface area contributed by atoms with Gasteiger partial charge in [-0.15, -0.1) is 0 Å². The molecule has 0 saturated heterocycles. The van der Waals surface area contributed by atoms with Crippen LogP contribution in [0.5, 0.6) is 23.0 Å². The largest absolute Gasteiger partial charge is 1.00 e. The van der Waals surface area contributed by atoms with Crippen molar-refractivity contribution in [1.29, 1.82) is 0 Å². The molecule has 0 amide bonds. The van der Waals surface area contributed by atoms with E-state index in [0.717, 1.165) is 11.3 Å². The minimum Gasteiger partial charge on any atom is -1.00 e. The molecule has 0 spiro atoms. The molecule has 2 aromatic carbocycles. The Bertz CT molecular complexity index is 1030. The first-order valence-electron chi connectivity index (χ1n) is 9.02. The van der Waals surface area contributed by atoms with Gasteiger partial charge in [0, 0.05) is 0 Å². The van der Waals surface area contributed by atoms with Crippen molar-refractivity contribution in [2.45, 2.75) is 18.2 Å². The number of ketones is 1. The molecule has 0 radical (unpaired) electrons. The normalized spacial score (nSPS) is 12.6. The number of benzene rings is 2. The third kappa shape index (κ3) is 7.02. The van der Waals surface area contributed by atoms with Crippen LogP contribution in [0.1, 0.15) is 30.7 Å². The van der Waals surface area contributed by atoms with Crippen molar-refractivity contribution in [3.8, 4) is 23.0 Å². The number of allylic oxidation sites excluding steroid dienone is 1. The number of thioether (sulfide) groups is 1. The van der Waals surface area contributed by atoms with Crippen molar-refractivity contribution in [2.75, 3.05) is 19.7 Å². The van der Waals surface area contributed by atoms with Crippen molar-refractivity contribution < 1.29 is 68.9 Å².